The minimum Gasteiger partial charge on any atom is -0.428 e. The molecule has 2 heterocycles. The van der Waals surface area contributed by atoms with Crippen molar-refractivity contribution in [3.05, 3.63) is 0 Å². The SMILES string of the molecule is CC1(C)COC(C)(C(C)(C)O[SiH]2CCO[SiH2][SiH2]2)C1(C)C. The van der Waals surface area contributed by atoms with Crippen LogP contribution in [0.1, 0.15) is 48.5 Å². The fraction of sp³-hybridized carbons (Fsp3) is 1.00. The quantitative estimate of drug-likeness (QED) is 0.723. The highest BCUT2D eigenvalue weighted by atomic mass is 29.6. The van der Waals surface area contributed by atoms with Gasteiger partial charge in [-0.2, -0.15) is 0 Å². The van der Waals surface area contributed by atoms with Crippen LogP contribution in [-0.4, -0.2) is 50.8 Å². The lowest BCUT2D eigenvalue weighted by Crippen LogP contribution is -2.61. The van der Waals surface area contributed by atoms with Crippen molar-refractivity contribution in [1.29, 1.82) is 0 Å². The zero-order valence-corrected chi connectivity index (χ0v) is 18.3. The molecular formula is C14H32O3Si3. The van der Waals surface area contributed by atoms with Crippen molar-refractivity contribution in [1.82, 2.24) is 0 Å². The molecule has 0 saturated carbocycles. The molecule has 2 unspecified atom stereocenters. The largest absolute Gasteiger partial charge is 0.428 e. The highest BCUT2D eigenvalue weighted by molar-refractivity contribution is 7.33. The molecule has 6 heteroatoms. The number of ether oxygens (including phenoxy) is 1. The number of hydrogen-bond acceptors (Lipinski definition) is 3. The van der Waals surface area contributed by atoms with Gasteiger partial charge < -0.3 is 13.6 Å². The second kappa shape index (κ2) is 5.31. The normalized spacial score (nSPS) is 39.5. The summed E-state index contributed by atoms with van der Waals surface area (Å²) in [4.78, 5) is 0. The second-order valence-electron chi connectivity index (χ2n) is 8.27. The molecule has 0 aromatic carbocycles. The molecule has 0 spiro atoms. The smallest absolute Gasteiger partial charge is 0.161 e. The lowest BCUT2D eigenvalue weighted by atomic mass is 9.58. The molecular weight excluding hydrogens is 300 g/mol. The Labute approximate surface area is 130 Å². The van der Waals surface area contributed by atoms with Crippen LogP contribution >= 0.6 is 0 Å². The van der Waals surface area contributed by atoms with E-state index in [4.69, 9.17) is 13.6 Å². The van der Waals surface area contributed by atoms with E-state index in [-0.39, 0.29) is 39.9 Å². The summed E-state index contributed by atoms with van der Waals surface area (Å²) in [5.74, 6) is 0. The van der Waals surface area contributed by atoms with Gasteiger partial charge in [-0.15, -0.1) is 0 Å². The Balaban J connectivity index is 2.19. The minimum atomic E-state index is -0.956. The van der Waals surface area contributed by atoms with Crippen LogP contribution < -0.4 is 0 Å². The van der Waals surface area contributed by atoms with Crippen LogP contribution in [0.2, 0.25) is 6.04 Å². The highest BCUT2D eigenvalue weighted by Crippen LogP contribution is 2.58. The molecule has 0 amide bonds. The van der Waals surface area contributed by atoms with Crippen LogP contribution in [0.5, 0.6) is 0 Å². The van der Waals surface area contributed by atoms with Gasteiger partial charge in [-0.3, -0.25) is 0 Å². The highest BCUT2D eigenvalue weighted by Gasteiger charge is 2.64. The summed E-state index contributed by atoms with van der Waals surface area (Å²) in [5.41, 5.74) is -0.126. The van der Waals surface area contributed by atoms with Gasteiger partial charge in [0.15, 0.2) is 8.56 Å². The Morgan fingerprint density at radius 3 is 2.25 bits per heavy atom. The van der Waals surface area contributed by atoms with Crippen LogP contribution in [0.15, 0.2) is 0 Å². The third-order valence-electron chi connectivity index (χ3n) is 6.38. The monoisotopic (exact) mass is 332 g/mol. The van der Waals surface area contributed by atoms with Crippen LogP contribution in [0.25, 0.3) is 0 Å². The van der Waals surface area contributed by atoms with Crippen LogP contribution in [0, 0.1) is 10.8 Å². The molecule has 2 aliphatic rings. The Morgan fingerprint density at radius 2 is 1.80 bits per heavy atom. The van der Waals surface area contributed by atoms with Crippen molar-refractivity contribution in [2.45, 2.75) is 65.7 Å². The number of rotatable bonds is 3. The van der Waals surface area contributed by atoms with E-state index in [0.29, 0.717) is 0 Å². The molecule has 118 valence electrons. The fourth-order valence-electron chi connectivity index (χ4n) is 3.58. The molecule has 20 heavy (non-hydrogen) atoms. The third kappa shape index (κ3) is 2.52. The Kier molecular flexibility index (Phi) is 4.49. The first-order valence-electron chi connectivity index (χ1n) is 7.93. The van der Waals surface area contributed by atoms with Gasteiger partial charge in [0.05, 0.1) is 26.4 Å². The van der Waals surface area contributed by atoms with Crippen LogP contribution in [0.3, 0.4) is 0 Å². The van der Waals surface area contributed by atoms with E-state index in [1.165, 1.54) is 6.04 Å². The van der Waals surface area contributed by atoms with E-state index in [9.17, 15) is 0 Å². The molecule has 0 aromatic rings. The van der Waals surface area contributed by atoms with E-state index in [1.807, 2.05) is 0 Å². The van der Waals surface area contributed by atoms with Gasteiger partial charge in [-0.25, -0.2) is 0 Å². The van der Waals surface area contributed by atoms with Crippen molar-refractivity contribution >= 4 is 26.4 Å². The minimum absolute atomic E-state index is 0.00356. The molecule has 2 fully saturated rings. The molecule has 0 N–H and O–H groups in total. The summed E-state index contributed by atoms with van der Waals surface area (Å²) < 4.78 is 18.8. The average molecular weight is 333 g/mol. The molecule has 0 radical (unpaired) electrons. The lowest BCUT2D eigenvalue weighted by molar-refractivity contribution is -0.160. The molecule has 3 nitrogen and oxygen atoms in total. The van der Waals surface area contributed by atoms with Gasteiger partial charge in [0.2, 0.25) is 0 Å². The van der Waals surface area contributed by atoms with Gasteiger partial charge in [0.25, 0.3) is 0 Å². The summed E-state index contributed by atoms with van der Waals surface area (Å²) in [5, 5.41) is 0. The second-order valence-corrected chi connectivity index (χ2v) is 22.6. The first kappa shape index (κ1) is 16.9. The maximum atomic E-state index is 6.72. The van der Waals surface area contributed by atoms with E-state index in [2.05, 4.69) is 48.5 Å². The summed E-state index contributed by atoms with van der Waals surface area (Å²) >= 11 is 0. The van der Waals surface area contributed by atoms with Gasteiger partial charge in [0, 0.05) is 12.0 Å². The van der Waals surface area contributed by atoms with Crippen molar-refractivity contribution < 1.29 is 13.6 Å². The van der Waals surface area contributed by atoms with Crippen LogP contribution in [0.4, 0.5) is 0 Å². The van der Waals surface area contributed by atoms with E-state index in [1.54, 1.807) is 0 Å². The van der Waals surface area contributed by atoms with E-state index < -0.39 is 8.56 Å². The zero-order chi connectivity index (χ0) is 15.2. The standard InChI is InChI=1S/C14H32O3Si3/c1-11(2)10-15-14(7,12(11,3)4)13(5,6)17-20-9-8-16-18-19-20/h20H,8-10,18-19H2,1-7H3. The predicted molar refractivity (Wildman–Crippen MR) is 92.1 cm³/mol. The maximum Gasteiger partial charge on any atom is 0.161 e. The van der Waals surface area contributed by atoms with Gasteiger partial charge in [0.1, 0.15) is 9.28 Å². The average Bonchev–Trinajstić information content (AvgIpc) is 2.51. The Morgan fingerprint density at radius 1 is 1.15 bits per heavy atom. The zero-order valence-electron chi connectivity index (χ0n) is 14.3. The molecule has 2 rings (SSSR count). The van der Waals surface area contributed by atoms with Gasteiger partial charge >= 0.3 is 0 Å². The molecule has 0 aliphatic carbocycles. The van der Waals surface area contributed by atoms with Crippen molar-refractivity contribution in [2.75, 3.05) is 13.2 Å². The van der Waals surface area contributed by atoms with E-state index >= 15 is 0 Å². The summed E-state index contributed by atoms with van der Waals surface area (Å²) in [6.07, 6.45) is 0. The first-order valence-corrected chi connectivity index (χ1v) is 17.1. The van der Waals surface area contributed by atoms with Crippen molar-refractivity contribution in [3.8, 4) is 0 Å². The summed E-state index contributed by atoms with van der Waals surface area (Å²) in [6.45, 7) is 17.9. The molecule has 2 aliphatic heterocycles. The van der Waals surface area contributed by atoms with Crippen molar-refractivity contribution in [3.63, 3.8) is 0 Å². The maximum absolute atomic E-state index is 6.72. The Hall–Kier alpha value is 0.531. The third-order valence-corrected chi connectivity index (χ3v) is 22.8. The topological polar surface area (TPSA) is 27.7 Å². The van der Waals surface area contributed by atoms with Crippen LogP contribution in [-0.2, 0) is 13.6 Å². The first-order chi connectivity index (χ1) is 9.04. The summed E-state index contributed by atoms with van der Waals surface area (Å²) in [6, 6.07) is 1.22. The van der Waals surface area contributed by atoms with Gasteiger partial charge in [-0.1, -0.05) is 27.7 Å². The lowest BCUT2D eigenvalue weighted by Gasteiger charge is -2.52. The van der Waals surface area contributed by atoms with Gasteiger partial charge in [-0.05, 0) is 32.2 Å². The fourth-order valence-corrected chi connectivity index (χ4v) is 19.1. The van der Waals surface area contributed by atoms with E-state index in [0.717, 1.165) is 13.2 Å². The summed E-state index contributed by atoms with van der Waals surface area (Å²) in [7, 11) is -1.12. The van der Waals surface area contributed by atoms with Crippen molar-refractivity contribution in [2.24, 2.45) is 10.8 Å². The molecule has 2 saturated heterocycles. The molecule has 2 atom stereocenters. The molecule has 0 aromatic heterocycles. The predicted octanol–water partition coefficient (Wildman–Crippen LogP) is 1.04. The number of hydrogen-bond donors (Lipinski definition) is 0. The Bertz CT molecular complexity index is 365. The molecule has 0 bridgehead atoms.